The summed E-state index contributed by atoms with van der Waals surface area (Å²) in [6.45, 7) is 5.31. The summed E-state index contributed by atoms with van der Waals surface area (Å²) >= 11 is 0. The Kier molecular flexibility index (Phi) is 6.09. The fraction of sp³-hybridized carbons (Fsp3) is 0.471. The van der Waals surface area contributed by atoms with Crippen molar-refractivity contribution in [2.75, 3.05) is 19.5 Å². The lowest BCUT2D eigenvalue weighted by molar-refractivity contribution is 0.0524. The Balaban J connectivity index is 2.34. The third-order valence-electron chi connectivity index (χ3n) is 4.07. The highest BCUT2D eigenvalue weighted by atomic mass is 32.2. The molecule has 0 amide bonds. The van der Waals surface area contributed by atoms with Crippen LogP contribution in [0, 0.1) is 13.8 Å². The Morgan fingerprint density at radius 1 is 1.26 bits per heavy atom. The van der Waals surface area contributed by atoms with Crippen LogP contribution >= 0.6 is 0 Å². The topological polar surface area (TPSA) is 109 Å². The zero-order valence-electron chi connectivity index (χ0n) is 16.0. The Bertz CT molecular complexity index is 1020. The van der Waals surface area contributed by atoms with Crippen molar-refractivity contribution in [1.82, 2.24) is 14.3 Å². The second kappa shape index (κ2) is 7.95. The van der Waals surface area contributed by atoms with Crippen LogP contribution in [-0.4, -0.2) is 48.2 Å². The quantitative estimate of drug-likeness (QED) is 0.637. The number of nitrogens with zero attached hydrogens (tertiary/aromatic N) is 3. The number of aromatic nitrogens is 3. The van der Waals surface area contributed by atoms with Crippen LogP contribution in [0.25, 0.3) is 0 Å². The molecule has 148 valence electrons. The first-order valence-corrected chi connectivity index (χ1v) is 10.2. The van der Waals surface area contributed by atoms with E-state index in [2.05, 4.69) is 5.10 Å². The van der Waals surface area contributed by atoms with E-state index in [1.807, 2.05) is 0 Å². The molecule has 0 saturated carbocycles. The molecule has 0 aliphatic rings. The van der Waals surface area contributed by atoms with E-state index in [0.29, 0.717) is 11.4 Å². The summed E-state index contributed by atoms with van der Waals surface area (Å²) in [6, 6.07) is 2.73. The van der Waals surface area contributed by atoms with Gasteiger partial charge in [-0.25, -0.2) is 22.7 Å². The maximum atomic E-state index is 12.1. The highest BCUT2D eigenvalue weighted by Crippen LogP contribution is 2.31. The van der Waals surface area contributed by atoms with Crippen LogP contribution in [0.4, 0.5) is 0 Å². The lowest BCUT2D eigenvalue weighted by atomic mass is 10.1. The molecule has 0 N–H and O–H groups in total. The van der Waals surface area contributed by atoms with Crippen LogP contribution in [0.3, 0.4) is 0 Å². The van der Waals surface area contributed by atoms with Crippen molar-refractivity contribution in [1.29, 1.82) is 0 Å². The largest absolute Gasteiger partial charge is 0.490 e. The highest BCUT2D eigenvalue weighted by molar-refractivity contribution is 7.90. The van der Waals surface area contributed by atoms with Gasteiger partial charge in [-0.1, -0.05) is 0 Å². The molecule has 0 spiro atoms. The van der Waals surface area contributed by atoms with E-state index in [9.17, 15) is 18.0 Å². The van der Waals surface area contributed by atoms with Gasteiger partial charge in [0.2, 0.25) is 0 Å². The van der Waals surface area contributed by atoms with E-state index in [1.165, 1.54) is 21.4 Å². The van der Waals surface area contributed by atoms with E-state index < -0.39 is 15.8 Å². The number of benzene rings is 1. The molecule has 0 saturated heterocycles. The Hall–Kier alpha value is -2.62. The first-order valence-electron chi connectivity index (χ1n) is 8.32. The average molecular weight is 397 g/mol. The first kappa shape index (κ1) is 20.7. The first-order chi connectivity index (χ1) is 12.6. The summed E-state index contributed by atoms with van der Waals surface area (Å²) in [5.74, 6) is 0.0672. The molecule has 2 rings (SSSR count). The number of rotatable bonds is 7. The molecule has 0 aliphatic heterocycles. The van der Waals surface area contributed by atoms with E-state index in [4.69, 9.17) is 9.47 Å². The van der Waals surface area contributed by atoms with Gasteiger partial charge in [0.1, 0.15) is 23.1 Å². The summed E-state index contributed by atoms with van der Waals surface area (Å²) in [4.78, 5) is 24.0. The standard InChI is InChI=1S/C17H23N3O6S/c1-6-25-16(21)13-7-8-14(27(5,23)24)15(11(13)2)26-10-9-20-17(22)19(4)12(3)18-20/h7-8H,6,9-10H2,1-5H3. The van der Waals surface area contributed by atoms with E-state index in [1.54, 1.807) is 27.8 Å². The molecule has 0 unspecified atom stereocenters. The molecule has 0 radical (unpaired) electrons. The Morgan fingerprint density at radius 3 is 2.44 bits per heavy atom. The average Bonchev–Trinajstić information content (AvgIpc) is 2.82. The summed E-state index contributed by atoms with van der Waals surface area (Å²) in [7, 11) is -1.97. The Labute approximate surface area is 157 Å². The minimum Gasteiger partial charge on any atom is -0.490 e. The van der Waals surface area contributed by atoms with Gasteiger partial charge in [-0.05, 0) is 32.9 Å². The number of hydrogen-bond donors (Lipinski definition) is 0. The van der Waals surface area contributed by atoms with Crippen molar-refractivity contribution in [2.24, 2.45) is 7.05 Å². The predicted molar refractivity (Wildman–Crippen MR) is 97.9 cm³/mol. The van der Waals surface area contributed by atoms with Crippen molar-refractivity contribution in [3.8, 4) is 5.75 Å². The summed E-state index contributed by atoms with van der Waals surface area (Å²) in [6.07, 6.45) is 1.06. The number of hydrogen-bond acceptors (Lipinski definition) is 7. The normalized spacial score (nSPS) is 11.4. The van der Waals surface area contributed by atoms with Crippen LogP contribution in [0.1, 0.15) is 28.7 Å². The van der Waals surface area contributed by atoms with Crippen molar-refractivity contribution < 1.29 is 22.7 Å². The molecular formula is C17H23N3O6S. The fourth-order valence-electron chi connectivity index (χ4n) is 2.54. The van der Waals surface area contributed by atoms with Crippen molar-refractivity contribution in [3.63, 3.8) is 0 Å². The summed E-state index contributed by atoms with van der Waals surface area (Å²) in [5, 5.41) is 4.10. The minimum absolute atomic E-state index is 0.00595. The SMILES string of the molecule is CCOC(=O)c1ccc(S(C)(=O)=O)c(OCCn2nc(C)n(C)c2=O)c1C. The van der Waals surface area contributed by atoms with Crippen LogP contribution in [0.2, 0.25) is 0 Å². The monoisotopic (exact) mass is 397 g/mol. The zero-order chi connectivity index (χ0) is 20.4. The van der Waals surface area contributed by atoms with Gasteiger partial charge in [-0.15, -0.1) is 0 Å². The summed E-state index contributed by atoms with van der Waals surface area (Å²) < 4.78 is 37.5. The third kappa shape index (κ3) is 4.38. The maximum absolute atomic E-state index is 12.1. The molecule has 2 aromatic rings. The number of carbonyl (C=O) groups excluding carboxylic acids is 1. The van der Waals surface area contributed by atoms with E-state index in [-0.39, 0.29) is 41.7 Å². The number of aryl methyl sites for hydroxylation is 1. The van der Waals surface area contributed by atoms with Gasteiger partial charge in [-0.3, -0.25) is 4.57 Å². The molecule has 0 fully saturated rings. The number of esters is 1. The van der Waals surface area contributed by atoms with Gasteiger partial charge in [0, 0.05) is 18.9 Å². The van der Waals surface area contributed by atoms with Crippen LogP contribution in [0.5, 0.6) is 5.75 Å². The summed E-state index contributed by atoms with van der Waals surface area (Å²) in [5.41, 5.74) is 0.294. The lowest BCUT2D eigenvalue weighted by Crippen LogP contribution is -2.26. The van der Waals surface area contributed by atoms with Gasteiger partial charge in [-0.2, -0.15) is 5.10 Å². The van der Waals surface area contributed by atoms with Crippen molar-refractivity contribution in [3.05, 3.63) is 39.6 Å². The van der Waals surface area contributed by atoms with Gasteiger partial charge in [0.05, 0.1) is 18.7 Å². The highest BCUT2D eigenvalue weighted by Gasteiger charge is 2.22. The minimum atomic E-state index is -3.58. The predicted octanol–water partition coefficient (Wildman–Crippen LogP) is 0.858. The van der Waals surface area contributed by atoms with Gasteiger partial charge in [0.15, 0.2) is 9.84 Å². The van der Waals surface area contributed by atoms with Gasteiger partial charge < -0.3 is 9.47 Å². The van der Waals surface area contributed by atoms with Crippen LogP contribution in [0.15, 0.2) is 21.8 Å². The van der Waals surface area contributed by atoms with Crippen molar-refractivity contribution in [2.45, 2.75) is 32.2 Å². The van der Waals surface area contributed by atoms with Crippen LogP contribution in [-0.2, 0) is 28.2 Å². The molecule has 1 heterocycles. The molecule has 0 atom stereocenters. The van der Waals surface area contributed by atoms with Gasteiger partial charge >= 0.3 is 11.7 Å². The van der Waals surface area contributed by atoms with Crippen molar-refractivity contribution >= 4 is 15.8 Å². The molecule has 1 aromatic carbocycles. The third-order valence-corrected chi connectivity index (χ3v) is 5.19. The molecule has 27 heavy (non-hydrogen) atoms. The molecule has 1 aromatic heterocycles. The second-order valence-corrected chi connectivity index (χ2v) is 8.00. The molecule has 9 nitrogen and oxygen atoms in total. The maximum Gasteiger partial charge on any atom is 0.345 e. The fourth-order valence-corrected chi connectivity index (χ4v) is 3.41. The molecular weight excluding hydrogens is 374 g/mol. The smallest absolute Gasteiger partial charge is 0.345 e. The van der Waals surface area contributed by atoms with Crippen LogP contribution < -0.4 is 10.4 Å². The van der Waals surface area contributed by atoms with Gasteiger partial charge in [0.25, 0.3) is 0 Å². The zero-order valence-corrected chi connectivity index (χ0v) is 16.8. The number of ether oxygens (including phenoxy) is 2. The molecule has 10 heteroatoms. The number of sulfone groups is 1. The second-order valence-electron chi connectivity index (χ2n) is 6.02. The Morgan fingerprint density at radius 2 is 1.93 bits per heavy atom. The number of carbonyl (C=O) groups is 1. The van der Waals surface area contributed by atoms with E-state index >= 15 is 0 Å². The molecule has 0 aliphatic carbocycles. The van der Waals surface area contributed by atoms with E-state index in [0.717, 1.165) is 6.26 Å². The molecule has 0 bridgehead atoms. The lowest BCUT2D eigenvalue weighted by Gasteiger charge is -2.15.